The van der Waals surface area contributed by atoms with Gasteiger partial charge in [-0.15, -0.1) is 0 Å². The summed E-state index contributed by atoms with van der Waals surface area (Å²) < 4.78 is 15.8. The van der Waals surface area contributed by atoms with E-state index in [0.29, 0.717) is 36.4 Å². The lowest BCUT2D eigenvalue weighted by atomic mass is 9.92. The molecule has 1 unspecified atom stereocenters. The maximum absolute atomic E-state index is 12.3. The number of nitriles is 1. The van der Waals surface area contributed by atoms with Gasteiger partial charge in [-0.3, -0.25) is 5.32 Å². The van der Waals surface area contributed by atoms with E-state index in [1.165, 1.54) is 6.42 Å². The summed E-state index contributed by atoms with van der Waals surface area (Å²) in [6, 6.07) is 16.5. The van der Waals surface area contributed by atoms with Crippen LogP contribution in [0.1, 0.15) is 50.6 Å². The molecule has 2 aromatic heterocycles. The van der Waals surface area contributed by atoms with Crippen molar-refractivity contribution in [2.45, 2.75) is 57.7 Å². The fourth-order valence-corrected chi connectivity index (χ4v) is 5.18. The number of anilines is 1. The number of ether oxygens (including phenoxy) is 2. The third-order valence-electron chi connectivity index (χ3n) is 7.69. The smallest absolute Gasteiger partial charge is 0.411 e. The fourth-order valence-electron chi connectivity index (χ4n) is 5.18. The third kappa shape index (κ3) is 4.84. The lowest BCUT2D eigenvalue weighted by Gasteiger charge is -2.30. The Kier molecular flexibility index (Phi) is 6.50. The molecule has 6 rings (SSSR count). The van der Waals surface area contributed by atoms with Crippen LogP contribution in [-0.2, 0) is 11.3 Å². The van der Waals surface area contributed by atoms with Gasteiger partial charge in [0.15, 0.2) is 0 Å². The van der Waals surface area contributed by atoms with E-state index in [2.05, 4.69) is 27.0 Å². The predicted octanol–water partition coefficient (Wildman–Crippen LogP) is 6.53. The molecule has 2 aliphatic carbocycles. The van der Waals surface area contributed by atoms with Gasteiger partial charge in [0.2, 0.25) is 0 Å². The Morgan fingerprint density at radius 3 is 2.66 bits per heavy atom. The average Bonchev–Trinajstić information content (AvgIpc) is 3.53. The molecule has 0 spiro atoms. The summed E-state index contributed by atoms with van der Waals surface area (Å²) in [6.07, 6.45) is 10.5. The molecule has 38 heavy (non-hydrogen) atoms. The Morgan fingerprint density at radius 1 is 1.18 bits per heavy atom. The summed E-state index contributed by atoms with van der Waals surface area (Å²) in [4.78, 5) is 16.4. The molecule has 2 heterocycles. The van der Waals surface area contributed by atoms with Gasteiger partial charge in [0.05, 0.1) is 29.6 Å². The molecule has 8 nitrogen and oxygen atoms in total. The van der Waals surface area contributed by atoms with Crippen LogP contribution >= 0.6 is 0 Å². The number of benzene rings is 2. The number of rotatable bonds is 9. The van der Waals surface area contributed by atoms with Crippen molar-refractivity contribution in [2.75, 3.05) is 11.9 Å². The monoisotopic (exact) mass is 509 g/mol. The van der Waals surface area contributed by atoms with Crippen molar-refractivity contribution in [1.82, 2.24) is 14.1 Å². The second-order valence-electron chi connectivity index (χ2n) is 10.3. The minimum atomic E-state index is -0.431. The van der Waals surface area contributed by atoms with Crippen LogP contribution in [0.25, 0.3) is 22.2 Å². The highest BCUT2D eigenvalue weighted by Gasteiger charge is 2.31. The minimum absolute atomic E-state index is 0.0644. The van der Waals surface area contributed by atoms with Crippen LogP contribution in [-0.4, -0.2) is 32.9 Å². The first-order valence-corrected chi connectivity index (χ1v) is 13.4. The quantitative estimate of drug-likeness (QED) is 0.277. The largest absolute Gasteiger partial charge is 0.492 e. The Bertz CT molecular complexity index is 1480. The van der Waals surface area contributed by atoms with E-state index in [0.717, 1.165) is 53.6 Å². The number of imidazole rings is 1. The van der Waals surface area contributed by atoms with Gasteiger partial charge in [0.1, 0.15) is 24.5 Å². The zero-order chi connectivity index (χ0) is 26.1. The number of nitrogens with zero attached hydrogens (tertiary/aromatic N) is 4. The zero-order valence-corrected chi connectivity index (χ0v) is 21.5. The van der Waals surface area contributed by atoms with Crippen molar-refractivity contribution >= 4 is 22.7 Å². The number of fused-ring (bicyclic) bond motifs is 1. The van der Waals surface area contributed by atoms with Crippen LogP contribution < -0.4 is 10.1 Å². The molecule has 4 aromatic rings. The van der Waals surface area contributed by atoms with E-state index in [1.807, 2.05) is 54.1 Å². The highest BCUT2D eigenvalue weighted by Crippen LogP contribution is 2.43. The molecular weight excluding hydrogens is 478 g/mol. The molecule has 1 amide bonds. The Balaban J connectivity index is 1.27. The standard InChI is InChI=1S/C30H31N5O3/c1-20(21-5-6-21)38-30(36)33-23-9-7-22(8-10-23)29-27(18-31)26-12-11-25(37-16-15-34-14-13-32-19-34)17-28(26)35(29)24-3-2-4-24/h7-14,17,19-21,24H,2-6,15-16H2,1H3,(H,33,36). The van der Waals surface area contributed by atoms with E-state index < -0.39 is 6.09 Å². The number of hydrogen-bond donors (Lipinski definition) is 1. The lowest BCUT2D eigenvalue weighted by molar-refractivity contribution is 0.108. The van der Waals surface area contributed by atoms with E-state index in [9.17, 15) is 10.1 Å². The van der Waals surface area contributed by atoms with Gasteiger partial charge in [-0.1, -0.05) is 12.1 Å². The summed E-state index contributed by atoms with van der Waals surface area (Å²) in [6.45, 7) is 3.18. The summed E-state index contributed by atoms with van der Waals surface area (Å²) >= 11 is 0. The molecule has 8 heteroatoms. The molecule has 2 fully saturated rings. The van der Waals surface area contributed by atoms with E-state index in [4.69, 9.17) is 9.47 Å². The number of amides is 1. The van der Waals surface area contributed by atoms with Crippen LogP contribution in [0, 0.1) is 17.2 Å². The molecule has 2 aromatic carbocycles. The Labute approximate surface area is 221 Å². The van der Waals surface area contributed by atoms with Crippen molar-refractivity contribution in [3.05, 3.63) is 66.7 Å². The fraction of sp³-hybridized carbons (Fsp3) is 0.367. The SMILES string of the molecule is CC(OC(=O)Nc1ccc(-c2c(C#N)c3ccc(OCCn4ccnc4)cc3n2C2CCC2)cc1)C1CC1. The van der Waals surface area contributed by atoms with Crippen LogP contribution in [0.3, 0.4) is 0 Å². The summed E-state index contributed by atoms with van der Waals surface area (Å²) in [5, 5.41) is 14.0. The second-order valence-corrected chi connectivity index (χ2v) is 10.3. The Hall–Kier alpha value is -4.25. The van der Waals surface area contributed by atoms with Crippen LogP contribution in [0.5, 0.6) is 5.75 Å². The molecule has 0 aliphatic heterocycles. The van der Waals surface area contributed by atoms with E-state index in [1.54, 1.807) is 12.5 Å². The highest BCUT2D eigenvalue weighted by molar-refractivity contribution is 5.96. The van der Waals surface area contributed by atoms with Gasteiger partial charge in [-0.2, -0.15) is 5.26 Å². The predicted molar refractivity (Wildman–Crippen MR) is 145 cm³/mol. The van der Waals surface area contributed by atoms with Crippen molar-refractivity contribution in [1.29, 1.82) is 5.26 Å². The van der Waals surface area contributed by atoms with Crippen molar-refractivity contribution < 1.29 is 14.3 Å². The maximum Gasteiger partial charge on any atom is 0.411 e. The molecule has 0 saturated heterocycles. The summed E-state index contributed by atoms with van der Waals surface area (Å²) in [7, 11) is 0. The van der Waals surface area contributed by atoms with Gasteiger partial charge in [0.25, 0.3) is 0 Å². The van der Waals surface area contributed by atoms with Crippen molar-refractivity contribution in [3.8, 4) is 23.1 Å². The third-order valence-corrected chi connectivity index (χ3v) is 7.69. The molecule has 1 N–H and O–H groups in total. The molecule has 194 valence electrons. The topological polar surface area (TPSA) is 94.1 Å². The summed E-state index contributed by atoms with van der Waals surface area (Å²) in [5.74, 6) is 1.27. The first-order valence-electron chi connectivity index (χ1n) is 13.4. The average molecular weight is 510 g/mol. The van der Waals surface area contributed by atoms with E-state index in [-0.39, 0.29) is 6.10 Å². The van der Waals surface area contributed by atoms with Gasteiger partial charge in [-0.25, -0.2) is 9.78 Å². The Morgan fingerprint density at radius 2 is 2.00 bits per heavy atom. The molecule has 0 radical (unpaired) electrons. The number of hydrogen-bond acceptors (Lipinski definition) is 5. The van der Waals surface area contributed by atoms with Crippen LogP contribution in [0.2, 0.25) is 0 Å². The molecule has 0 bridgehead atoms. The van der Waals surface area contributed by atoms with Gasteiger partial charge >= 0.3 is 6.09 Å². The highest BCUT2D eigenvalue weighted by atomic mass is 16.6. The molecule has 1 atom stereocenters. The van der Waals surface area contributed by atoms with Gasteiger partial charge in [0, 0.05) is 35.6 Å². The molecule has 2 saturated carbocycles. The zero-order valence-electron chi connectivity index (χ0n) is 21.5. The van der Waals surface area contributed by atoms with Gasteiger partial charge in [-0.05, 0) is 74.8 Å². The second kappa shape index (κ2) is 10.3. The molecule has 2 aliphatic rings. The number of carbonyl (C=O) groups excluding carboxylic acids is 1. The van der Waals surface area contributed by atoms with Crippen molar-refractivity contribution in [3.63, 3.8) is 0 Å². The summed E-state index contributed by atoms with van der Waals surface area (Å²) in [5.41, 5.74) is 4.20. The molecular formula is C30H31N5O3. The normalized spacial score (nSPS) is 16.0. The van der Waals surface area contributed by atoms with Gasteiger partial charge < -0.3 is 18.6 Å². The number of nitrogens with one attached hydrogen (secondary N) is 1. The lowest BCUT2D eigenvalue weighted by Crippen LogP contribution is -2.21. The first kappa shape index (κ1) is 24.1. The number of carbonyl (C=O) groups is 1. The van der Waals surface area contributed by atoms with Crippen LogP contribution in [0.15, 0.2) is 61.2 Å². The maximum atomic E-state index is 12.3. The van der Waals surface area contributed by atoms with Crippen LogP contribution in [0.4, 0.5) is 10.5 Å². The number of aromatic nitrogens is 3. The first-order chi connectivity index (χ1) is 18.6. The minimum Gasteiger partial charge on any atom is -0.492 e. The van der Waals surface area contributed by atoms with E-state index >= 15 is 0 Å². The van der Waals surface area contributed by atoms with Crippen molar-refractivity contribution in [2.24, 2.45) is 5.92 Å².